The summed E-state index contributed by atoms with van der Waals surface area (Å²) in [6.07, 6.45) is -9.82. The molecule has 24 heavy (non-hydrogen) atoms. The fourth-order valence-electron chi connectivity index (χ4n) is 1.90. The summed E-state index contributed by atoms with van der Waals surface area (Å²) in [5.41, 5.74) is 0. The Morgan fingerprint density at radius 2 is 1.58 bits per heavy atom. The van der Waals surface area contributed by atoms with Crippen LogP contribution in [0.15, 0.2) is 11.5 Å². The van der Waals surface area contributed by atoms with Gasteiger partial charge in [0.1, 0.15) is 30.5 Å². The molecule has 0 bridgehead atoms. The van der Waals surface area contributed by atoms with E-state index in [0.29, 0.717) is 0 Å². The first kappa shape index (κ1) is 20.5. The van der Waals surface area contributed by atoms with Crippen LogP contribution in [0, 0.1) is 0 Å². The molecule has 7 atom stereocenters. The number of hydrogen-bond donors (Lipinski definition) is 9. The first-order valence-corrected chi connectivity index (χ1v) is 6.76. The van der Waals surface area contributed by atoms with Crippen molar-refractivity contribution in [1.29, 1.82) is 0 Å². The number of rotatable bonds is 3. The third-order valence-electron chi connectivity index (χ3n) is 3.34. The fraction of sp³-hybridized carbons (Fsp3) is 0.750. The summed E-state index contributed by atoms with van der Waals surface area (Å²) in [5, 5.41) is 79.7. The van der Waals surface area contributed by atoms with Crippen molar-refractivity contribution in [2.75, 3.05) is 13.2 Å². The Balaban J connectivity index is 0.000000240. The maximum absolute atomic E-state index is 10.5. The third kappa shape index (κ3) is 4.31. The Kier molecular flexibility index (Phi) is 7.31. The molecule has 12 nitrogen and oxygen atoms in total. The van der Waals surface area contributed by atoms with Crippen molar-refractivity contribution in [3.8, 4) is 0 Å². The summed E-state index contributed by atoms with van der Waals surface area (Å²) in [5.74, 6) is -2.78. The second-order valence-electron chi connectivity index (χ2n) is 5.03. The van der Waals surface area contributed by atoms with Crippen molar-refractivity contribution < 1.29 is 60.2 Å². The van der Waals surface area contributed by atoms with E-state index in [1.54, 1.807) is 0 Å². The van der Waals surface area contributed by atoms with Crippen LogP contribution in [0.25, 0.3) is 0 Å². The molecule has 140 valence electrons. The van der Waals surface area contributed by atoms with Gasteiger partial charge in [-0.25, -0.2) is 4.79 Å². The van der Waals surface area contributed by atoms with Gasteiger partial charge in [0, 0.05) is 0 Å². The van der Waals surface area contributed by atoms with E-state index in [2.05, 4.69) is 9.47 Å². The molecule has 2 aliphatic rings. The Morgan fingerprint density at radius 1 is 1.00 bits per heavy atom. The Morgan fingerprint density at radius 3 is 2.00 bits per heavy atom. The van der Waals surface area contributed by atoms with Gasteiger partial charge in [-0.2, -0.15) is 0 Å². The van der Waals surface area contributed by atoms with Crippen molar-refractivity contribution in [2.45, 2.75) is 42.9 Å². The highest BCUT2D eigenvalue weighted by molar-refractivity contribution is 5.89. The van der Waals surface area contributed by atoms with E-state index in [0.717, 1.165) is 0 Å². The van der Waals surface area contributed by atoms with Crippen molar-refractivity contribution in [3.63, 3.8) is 0 Å². The highest BCUT2D eigenvalue weighted by atomic mass is 16.6. The summed E-state index contributed by atoms with van der Waals surface area (Å²) < 4.78 is 8.89. The summed E-state index contributed by atoms with van der Waals surface area (Å²) in [4.78, 5) is 10.5. The third-order valence-corrected chi connectivity index (χ3v) is 3.34. The summed E-state index contributed by atoms with van der Waals surface area (Å²) >= 11 is 0. The lowest BCUT2D eigenvalue weighted by molar-refractivity contribution is -0.286. The van der Waals surface area contributed by atoms with E-state index in [1.165, 1.54) is 0 Å². The maximum atomic E-state index is 10.5. The predicted molar refractivity (Wildman–Crippen MR) is 71.2 cm³/mol. The number of hydrogen-bond acceptors (Lipinski definition) is 12. The van der Waals surface area contributed by atoms with Crippen LogP contribution < -0.4 is 0 Å². The van der Waals surface area contributed by atoms with Gasteiger partial charge >= 0.3 is 5.97 Å². The van der Waals surface area contributed by atoms with Gasteiger partial charge < -0.3 is 55.4 Å². The van der Waals surface area contributed by atoms with Crippen LogP contribution in [0.5, 0.6) is 0 Å². The smallest absolute Gasteiger partial charge is 0.377 e. The lowest BCUT2D eigenvalue weighted by atomic mass is 10.00. The van der Waals surface area contributed by atoms with E-state index in [9.17, 15) is 4.79 Å². The molecule has 0 aromatic carbocycles. The molecule has 2 aliphatic heterocycles. The molecule has 1 fully saturated rings. The van der Waals surface area contributed by atoms with Crippen molar-refractivity contribution in [3.05, 3.63) is 11.5 Å². The second-order valence-corrected chi connectivity index (χ2v) is 5.03. The standard InChI is InChI=1S/C6H8O6.C6H12O6/c7-1-2(8)5-3(9)4(10)6(11)12-5;7-1-2-3(8)4(9)5(10)6(11)12-2/h2,5,7-10H,1H2;2-11H,1H2/t;2-,3-,4+,5-,6+/m.1/s1. The Bertz CT molecular complexity index is 460. The number of cyclic esters (lactones) is 1. The first-order valence-electron chi connectivity index (χ1n) is 6.76. The van der Waals surface area contributed by atoms with Gasteiger partial charge in [-0.3, -0.25) is 0 Å². The van der Waals surface area contributed by atoms with E-state index < -0.39 is 73.6 Å². The molecular formula is C12H20O12. The molecule has 0 saturated carbocycles. The van der Waals surface area contributed by atoms with Gasteiger partial charge in [-0.15, -0.1) is 0 Å². The van der Waals surface area contributed by atoms with Crippen LogP contribution in [0.2, 0.25) is 0 Å². The molecule has 0 radical (unpaired) electrons. The van der Waals surface area contributed by atoms with Gasteiger partial charge in [-0.05, 0) is 0 Å². The predicted octanol–water partition coefficient (Wildman–Crippen LogP) is -4.63. The fourth-order valence-corrected chi connectivity index (χ4v) is 1.90. The normalized spacial score (nSPS) is 37.5. The van der Waals surface area contributed by atoms with E-state index in [4.69, 9.17) is 46.0 Å². The van der Waals surface area contributed by atoms with Crippen LogP contribution in [0.3, 0.4) is 0 Å². The number of carbonyl (C=O) groups excluding carboxylic acids is 1. The molecule has 2 unspecified atom stereocenters. The van der Waals surface area contributed by atoms with Crippen LogP contribution in [0.4, 0.5) is 0 Å². The molecule has 12 heteroatoms. The molecule has 2 rings (SSSR count). The van der Waals surface area contributed by atoms with E-state index >= 15 is 0 Å². The first-order chi connectivity index (χ1) is 11.1. The van der Waals surface area contributed by atoms with E-state index in [1.807, 2.05) is 0 Å². The number of aliphatic hydroxyl groups excluding tert-OH is 9. The summed E-state index contributed by atoms with van der Waals surface area (Å²) in [6, 6.07) is 0. The number of esters is 1. The molecular weight excluding hydrogens is 336 g/mol. The molecule has 0 aliphatic carbocycles. The topological polar surface area (TPSA) is 218 Å². The van der Waals surface area contributed by atoms with Crippen molar-refractivity contribution >= 4 is 5.97 Å². The molecule has 1 saturated heterocycles. The molecule has 0 aromatic rings. The highest BCUT2D eigenvalue weighted by Crippen LogP contribution is 2.21. The van der Waals surface area contributed by atoms with Crippen LogP contribution in [0.1, 0.15) is 0 Å². The van der Waals surface area contributed by atoms with Gasteiger partial charge in [0.25, 0.3) is 0 Å². The van der Waals surface area contributed by atoms with Crippen molar-refractivity contribution in [1.82, 2.24) is 0 Å². The van der Waals surface area contributed by atoms with Crippen LogP contribution in [-0.4, -0.2) is 108 Å². The quantitative estimate of drug-likeness (QED) is 0.218. The molecule has 0 aromatic heterocycles. The number of ether oxygens (including phenoxy) is 2. The maximum Gasteiger partial charge on any atom is 0.377 e. The lowest BCUT2D eigenvalue weighted by Gasteiger charge is -2.37. The van der Waals surface area contributed by atoms with Gasteiger partial charge in [0.2, 0.25) is 5.76 Å². The Labute approximate surface area is 135 Å². The largest absolute Gasteiger partial charge is 0.505 e. The highest BCUT2D eigenvalue weighted by Gasteiger charge is 2.42. The lowest BCUT2D eigenvalue weighted by Crippen LogP contribution is -2.58. The minimum Gasteiger partial charge on any atom is -0.505 e. The average Bonchev–Trinajstić information content (AvgIpc) is 2.83. The van der Waals surface area contributed by atoms with Gasteiger partial charge in [0.15, 0.2) is 18.2 Å². The molecule has 0 spiro atoms. The summed E-state index contributed by atoms with van der Waals surface area (Å²) in [6.45, 7) is -1.20. The molecule has 9 N–H and O–H groups in total. The van der Waals surface area contributed by atoms with Crippen LogP contribution >= 0.6 is 0 Å². The Hall–Kier alpha value is -1.51. The SMILES string of the molecule is O=C1OC(C(O)CO)C(O)=C1O.OC[C@H]1O[C@H](O)[C@H](O)[C@@H](O)[C@@H]1O. The van der Waals surface area contributed by atoms with Crippen LogP contribution in [-0.2, 0) is 14.3 Å². The number of aliphatic hydroxyl groups is 9. The average molecular weight is 356 g/mol. The second kappa shape index (κ2) is 8.55. The number of carbonyl (C=O) groups is 1. The molecule has 0 amide bonds. The van der Waals surface area contributed by atoms with Crippen molar-refractivity contribution in [2.24, 2.45) is 0 Å². The van der Waals surface area contributed by atoms with Gasteiger partial charge in [-0.1, -0.05) is 0 Å². The zero-order valence-electron chi connectivity index (χ0n) is 12.2. The minimum atomic E-state index is -1.57. The monoisotopic (exact) mass is 356 g/mol. The zero-order valence-corrected chi connectivity index (χ0v) is 12.2. The minimum absolute atomic E-state index is 0.526. The van der Waals surface area contributed by atoms with E-state index in [-0.39, 0.29) is 0 Å². The van der Waals surface area contributed by atoms with Gasteiger partial charge in [0.05, 0.1) is 13.2 Å². The summed E-state index contributed by atoms with van der Waals surface area (Å²) in [7, 11) is 0. The molecule has 2 heterocycles. The zero-order chi connectivity index (χ0) is 18.6.